The second-order valence-corrected chi connectivity index (χ2v) is 5.82. The van der Waals surface area contributed by atoms with Gasteiger partial charge < -0.3 is 18.9 Å². The summed E-state index contributed by atoms with van der Waals surface area (Å²) in [5, 5.41) is 0. The number of esters is 2. The normalized spacial score (nSPS) is 37.0. The van der Waals surface area contributed by atoms with E-state index in [-0.39, 0.29) is 24.0 Å². The van der Waals surface area contributed by atoms with Crippen LogP contribution in [0, 0.1) is 11.8 Å². The summed E-state index contributed by atoms with van der Waals surface area (Å²) in [6.07, 6.45) is 0.273. The van der Waals surface area contributed by atoms with Crippen molar-refractivity contribution in [2.45, 2.75) is 38.3 Å². The number of ether oxygens (including phenoxy) is 4. The maximum Gasteiger partial charge on any atom is 0.334 e. The van der Waals surface area contributed by atoms with Crippen molar-refractivity contribution in [1.82, 2.24) is 0 Å². The smallest absolute Gasteiger partial charge is 0.334 e. The molecule has 0 amide bonds. The third kappa shape index (κ3) is 1.71. The summed E-state index contributed by atoms with van der Waals surface area (Å²) in [7, 11) is 2.62. The largest absolute Gasteiger partial charge is 0.466 e. The maximum absolute atomic E-state index is 12.0. The zero-order valence-electron chi connectivity index (χ0n) is 12.0. The minimum Gasteiger partial charge on any atom is -0.466 e. The molecule has 2 bridgehead atoms. The van der Waals surface area contributed by atoms with Crippen molar-refractivity contribution in [3.05, 3.63) is 11.1 Å². The van der Waals surface area contributed by atoms with Gasteiger partial charge in [-0.3, -0.25) is 0 Å². The van der Waals surface area contributed by atoms with E-state index in [2.05, 4.69) is 0 Å². The van der Waals surface area contributed by atoms with E-state index in [9.17, 15) is 9.59 Å². The van der Waals surface area contributed by atoms with Gasteiger partial charge in [0.2, 0.25) is 0 Å². The van der Waals surface area contributed by atoms with E-state index in [1.165, 1.54) is 14.2 Å². The average molecular weight is 282 g/mol. The Bertz CT molecular complexity index is 464. The highest BCUT2D eigenvalue weighted by molar-refractivity contribution is 6.02. The number of carbonyl (C=O) groups is 2. The lowest BCUT2D eigenvalue weighted by molar-refractivity contribution is -0.158. The van der Waals surface area contributed by atoms with Crippen LogP contribution < -0.4 is 0 Å². The zero-order chi connectivity index (χ0) is 14.7. The summed E-state index contributed by atoms with van der Waals surface area (Å²) >= 11 is 0. The van der Waals surface area contributed by atoms with E-state index in [1.807, 2.05) is 13.8 Å². The Morgan fingerprint density at radius 2 is 1.40 bits per heavy atom. The van der Waals surface area contributed by atoms with Gasteiger partial charge in [0.25, 0.3) is 0 Å². The van der Waals surface area contributed by atoms with Crippen LogP contribution in [-0.4, -0.2) is 44.2 Å². The van der Waals surface area contributed by atoms with Crippen LogP contribution in [0.3, 0.4) is 0 Å². The number of hydrogen-bond donors (Lipinski definition) is 0. The molecule has 1 saturated carbocycles. The molecule has 2 aliphatic carbocycles. The van der Waals surface area contributed by atoms with Crippen LogP contribution in [0.1, 0.15) is 20.3 Å². The zero-order valence-corrected chi connectivity index (χ0v) is 12.0. The molecule has 6 nitrogen and oxygen atoms in total. The predicted molar refractivity (Wildman–Crippen MR) is 66.5 cm³/mol. The molecule has 0 unspecified atom stereocenters. The Balaban J connectivity index is 2.02. The van der Waals surface area contributed by atoms with Crippen molar-refractivity contribution >= 4 is 11.9 Å². The first-order chi connectivity index (χ1) is 9.39. The van der Waals surface area contributed by atoms with E-state index in [0.717, 1.165) is 0 Å². The molecule has 3 aliphatic rings. The lowest BCUT2D eigenvalue weighted by Crippen LogP contribution is -2.36. The fourth-order valence-electron chi connectivity index (χ4n) is 3.69. The van der Waals surface area contributed by atoms with Gasteiger partial charge in [-0.25, -0.2) is 9.59 Å². The Labute approximate surface area is 117 Å². The highest BCUT2D eigenvalue weighted by Crippen LogP contribution is 2.56. The Hall–Kier alpha value is -1.40. The molecule has 1 aliphatic heterocycles. The molecule has 0 aromatic heterocycles. The maximum atomic E-state index is 12.0. The van der Waals surface area contributed by atoms with Crippen LogP contribution in [-0.2, 0) is 28.5 Å². The van der Waals surface area contributed by atoms with Crippen molar-refractivity contribution in [1.29, 1.82) is 0 Å². The Morgan fingerprint density at radius 1 is 1.00 bits per heavy atom. The van der Waals surface area contributed by atoms with E-state index in [1.54, 1.807) is 0 Å². The lowest BCUT2D eigenvalue weighted by atomic mass is 9.87. The molecule has 2 fully saturated rings. The lowest BCUT2D eigenvalue weighted by Gasteiger charge is -2.24. The molecule has 0 aromatic rings. The van der Waals surface area contributed by atoms with Crippen LogP contribution in [0.4, 0.5) is 0 Å². The Morgan fingerprint density at radius 3 is 1.75 bits per heavy atom. The minimum absolute atomic E-state index is 0.159. The van der Waals surface area contributed by atoms with Crippen molar-refractivity contribution in [2.24, 2.45) is 11.8 Å². The topological polar surface area (TPSA) is 71.1 Å². The summed E-state index contributed by atoms with van der Waals surface area (Å²) in [5.41, 5.74) is 0.791. The molecule has 4 atom stereocenters. The quantitative estimate of drug-likeness (QED) is 0.698. The van der Waals surface area contributed by atoms with Crippen molar-refractivity contribution in [3.63, 3.8) is 0 Å². The molecule has 3 rings (SSSR count). The summed E-state index contributed by atoms with van der Waals surface area (Å²) in [5.74, 6) is -1.98. The predicted octanol–water partition coefficient (Wildman–Crippen LogP) is 0.799. The first-order valence-electron chi connectivity index (χ1n) is 6.66. The van der Waals surface area contributed by atoms with Gasteiger partial charge in [-0.05, 0) is 20.3 Å². The van der Waals surface area contributed by atoms with E-state index in [4.69, 9.17) is 18.9 Å². The van der Waals surface area contributed by atoms with Crippen LogP contribution in [0.2, 0.25) is 0 Å². The molecule has 0 N–H and O–H groups in total. The van der Waals surface area contributed by atoms with Gasteiger partial charge in [0, 0.05) is 11.8 Å². The molecular formula is C14H18O6. The SMILES string of the molecule is COC(=O)C1=C(C(=O)OC)[C@@H]2C[C@H]1[C@H]1OC(C)(C)O[C@H]12. The number of carbonyl (C=O) groups excluding carboxylic acids is 2. The summed E-state index contributed by atoms with van der Waals surface area (Å²) in [6.45, 7) is 3.67. The number of fused-ring (bicyclic) bond motifs is 5. The van der Waals surface area contributed by atoms with Crippen LogP contribution >= 0.6 is 0 Å². The van der Waals surface area contributed by atoms with E-state index < -0.39 is 17.7 Å². The Kier molecular flexibility index (Phi) is 2.92. The molecule has 0 radical (unpaired) electrons. The number of hydrogen-bond acceptors (Lipinski definition) is 6. The third-order valence-electron chi connectivity index (χ3n) is 4.31. The molecule has 0 aromatic carbocycles. The van der Waals surface area contributed by atoms with Gasteiger partial charge >= 0.3 is 11.9 Å². The molecule has 110 valence electrons. The minimum atomic E-state index is -0.695. The number of rotatable bonds is 2. The van der Waals surface area contributed by atoms with Crippen LogP contribution in [0.5, 0.6) is 0 Å². The van der Waals surface area contributed by atoms with Crippen LogP contribution in [0.15, 0.2) is 11.1 Å². The van der Waals surface area contributed by atoms with Gasteiger partial charge in [0.15, 0.2) is 5.79 Å². The van der Waals surface area contributed by atoms with Gasteiger partial charge in [-0.15, -0.1) is 0 Å². The van der Waals surface area contributed by atoms with Crippen LogP contribution in [0.25, 0.3) is 0 Å². The van der Waals surface area contributed by atoms with Gasteiger partial charge in [0.1, 0.15) is 0 Å². The third-order valence-corrected chi connectivity index (χ3v) is 4.31. The average Bonchev–Trinajstić information content (AvgIpc) is 3.02. The molecule has 6 heteroatoms. The number of methoxy groups -OCH3 is 2. The summed E-state index contributed by atoms with van der Waals surface area (Å²) < 4.78 is 21.4. The first kappa shape index (κ1) is 13.6. The highest BCUT2D eigenvalue weighted by atomic mass is 16.8. The molecule has 1 heterocycles. The molecule has 20 heavy (non-hydrogen) atoms. The highest BCUT2D eigenvalue weighted by Gasteiger charge is 2.62. The molecular weight excluding hydrogens is 264 g/mol. The molecule has 1 saturated heterocycles. The van der Waals surface area contributed by atoms with E-state index >= 15 is 0 Å². The standard InChI is InChI=1S/C14H18O6/c1-14(2)19-10-6-5-7(11(10)20-14)9(13(16)18-4)8(6)12(15)17-3/h6-7,10-11H,5H2,1-4H3/t6-,7+,10-,11+. The van der Waals surface area contributed by atoms with Gasteiger partial charge in [-0.2, -0.15) is 0 Å². The van der Waals surface area contributed by atoms with Gasteiger partial charge in [-0.1, -0.05) is 0 Å². The monoisotopic (exact) mass is 282 g/mol. The fraction of sp³-hybridized carbons (Fsp3) is 0.714. The molecule has 0 spiro atoms. The second-order valence-electron chi connectivity index (χ2n) is 5.82. The summed E-state index contributed by atoms with van der Waals surface area (Å²) in [6, 6.07) is 0. The van der Waals surface area contributed by atoms with E-state index in [0.29, 0.717) is 17.6 Å². The first-order valence-corrected chi connectivity index (χ1v) is 6.66. The van der Waals surface area contributed by atoms with Gasteiger partial charge in [0.05, 0.1) is 37.6 Å². The van der Waals surface area contributed by atoms with Crippen molar-refractivity contribution in [2.75, 3.05) is 14.2 Å². The summed E-state index contributed by atoms with van der Waals surface area (Å²) in [4.78, 5) is 24.0. The fourth-order valence-corrected chi connectivity index (χ4v) is 3.69. The second kappa shape index (κ2) is 4.30. The van der Waals surface area contributed by atoms with Crippen molar-refractivity contribution < 1.29 is 28.5 Å². The van der Waals surface area contributed by atoms with Crippen molar-refractivity contribution in [3.8, 4) is 0 Å².